The van der Waals surface area contributed by atoms with Crippen molar-refractivity contribution in [3.63, 3.8) is 0 Å². The number of ether oxygens (including phenoxy) is 1. The Balaban J connectivity index is 2.60. The third-order valence-corrected chi connectivity index (χ3v) is 2.95. The Morgan fingerprint density at radius 2 is 2.29 bits per heavy atom. The molecule has 0 aliphatic carbocycles. The minimum Gasteiger partial charge on any atom is -0.505 e. The molecule has 0 saturated heterocycles. The standard InChI is InChI=1S/C12H10BrNO3/c1-2-17-12(16)11-10(15)6-7-8(13)4-3-5-9(7)14-11/h3-6,15H,2H2,1H3. The maximum Gasteiger partial charge on any atom is 0.360 e. The molecular formula is C12H10BrNO3. The highest BCUT2D eigenvalue weighted by molar-refractivity contribution is 9.10. The second-order valence-corrected chi connectivity index (χ2v) is 4.24. The number of hydrogen-bond donors (Lipinski definition) is 1. The third-order valence-electron chi connectivity index (χ3n) is 2.25. The van der Waals surface area contributed by atoms with E-state index in [0.717, 1.165) is 9.86 Å². The van der Waals surface area contributed by atoms with E-state index >= 15 is 0 Å². The number of benzene rings is 1. The lowest BCUT2D eigenvalue weighted by molar-refractivity contribution is 0.0516. The Bertz CT molecular complexity index is 583. The third kappa shape index (κ3) is 2.24. The molecule has 0 radical (unpaired) electrons. The van der Waals surface area contributed by atoms with Crippen LogP contribution in [0.25, 0.3) is 10.9 Å². The Morgan fingerprint density at radius 1 is 1.53 bits per heavy atom. The van der Waals surface area contributed by atoms with Crippen LogP contribution in [0.3, 0.4) is 0 Å². The molecule has 0 aliphatic heterocycles. The molecule has 0 unspecified atom stereocenters. The van der Waals surface area contributed by atoms with Gasteiger partial charge in [0, 0.05) is 9.86 Å². The molecule has 2 aromatic rings. The first-order valence-electron chi connectivity index (χ1n) is 5.09. The smallest absolute Gasteiger partial charge is 0.360 e. The summed E-state index contributed by atoms with van der Waals surface area (Å²) in [5, 5.41) is 10.5. The maximum atomic E-state index is 11.5. The highest BCUT2D eigenvalue weighted by atomic mass is 79.9. The molecule has 1 N–H and O–H groups in total. The largest absolute Gasteiger partial charge is 0.505 e. The lowest BCUT2D eigenvalue weighted by atomic mass is 10.2. The number of halogens is 1. The molecule has 1 aromatic carbocycles. The summed E-state index contributed by atoms with van der Waals surface area (Å²) in [6.07, 6.45) is 0. The van der Waals surface area contributed by atoms with Crippen molar-refractivity contribution in [1.82, 2.24) is 4.98 Å². The summed E-state index contributed by atoms with van der Waals surface area (Å²) < 4.78 is 5.63. The van der Waals surface area contributed by atoms with E-state index in [9.17, 15) is 9.90 Å². The van der Waals surface area contributed by atoms with Crippen molar-refractivity contribution in [2.45, 2.75) is 6.92 Å². The van der Waals surface area contributed by atoms with Crippen LogP contribution in [0.15, 0.2) is 28.7 Å². The zero-order valence-corrected chi connectivity index (χ0v) is 10.7. The molecule has 88 valence electrons. The number of nitrogens with zero attached hydrogens (tertiary/aromatic N) is 1. The molecule has 5 heteroatoms. The number of carbonyl (C=O) groups is 1. The van der Waals surface area contributed by atoms with Crippen molar-refractivity contribution in [2.75, 3.05) is 6.61 Å². The Morgan fingerprint density at radius 3 is 3.00 bits per heavy atom. The van der Waals surface area contributed by atoms with Gasteiger partial charge in [0.05, 0.1) is 12.1 Å². The highest BCUT2D eigenvalue weighted by Crippen LogP contribution is 2.28. The fourth-order valence-electron chi connectivity index (χ4n) is 1.50. The summed E-state index contributed by atoms with van der Waals surface area (Å²) in [5.74, 6) is -0.797. The van der Waals surface area contributed by atoms with Crippen LogP contribution < -0.4 is 0 Å². The summed E-state index contributed by atoms with van der Waals surface area (Å²) in [6, 6.07) is 6.92. The van der Waals surface area contributed by atoms with Gasteiger partial charge in [-0.3, -0.25) is 0 Å². The van der Waals surface area contributed by atoms with Gasteiger partial charge < -0.3 is 9.84 Å². The second-order valence-electron chi connectivity index (χ2n) is 3.38. The van der Waals surface area contributed by atoms with Gasteiger partial charge in [-0.25, -0.2) is 9.78 Å². The fraction of sp³-hybridized carbons (Fsp3) is 0.167. The number of fused-ring (bicyclic) bond motifs is 1. The topological polar surface area (TPSA) is 59.4 Å². The van der Waals surface area contributed by atoms with Gasteiger partial charge in [0.15, 0.2) is 5.69 Å². The summed E-state index contributed by atoms with van der Waals surface area (Å²) in [6.45, 7) is 1.95. The van der Waals surface area contributed by atoms with Gasteiger partial charge in [-0.1, -0.05) is 22.0 Å². The van der Waals surface area contributed by atoms with Crippen LogP contribution in [0.4, 0.5) is 0 Å². The van der Waals surface area contributed by atoms with E-state index in [1.165, 1.54) is 6.07 Å². The molecule has 0 amide bonds. The Labute approximate surface area is 106 Å². The number of rotatable bonds is 2. The molecule has 1 heterocycles. The summed E-state index contributed by atoms with van der Waals surface area (Å²) in [7, 11) is 0. The van der Waals surface area contributed by atoms with Crippen molar-refractivity contribution in [3.8, 4) is 5.75 Å². The molecule has 0 aliphatic rings. The van der Waals surface area contributed by atoms with Crippen LogP contribution in [0.5, 0.6) is 5.75 Å². The average Bonchev–Trinajstić information content (AvgIpc) is 2.30. The number of hydrogen-bond acceptors (Lipinski definition) is 4. The van der Waals surface area contributed by atoms with E-state index in [0.29, 0.717) is 5.52 Å². The van der Waals surface area contributed by atoms with Crippen LogP contribution >= 0.6 is 15.9 Å². The molecule has 0 fully saturated rings. The normalized spacial score (nSPS) is 10.5. The number of pyridine rings is 1. The molecule has 4 nitrogen and oxygen atoms in total. The van der Waals surface area contributed by atoms with Gasteiger partial charge >= 0.3 is 5.97 Å². The van der Waals surface area contributed by atoms with Gasteiger partial charge in [-0.05, 0) is 25.1 Å². The summed E-state index contributed by atoms with van der Waals surface area (Å²) in [4.78, 5) is 15.6. The number of esters is 1. The van der Waals surface area contributed by atoms with Gasteiger partial charge in [0.2, 0.25) is 0 Å². The van der Waals surface area contributed by atoms with Gasteiger partial charge in [-0.15, -0.1) is 0 Å². The van der Waals surface area contributed by atoms with Crippen molar-refractivity contribution in [1.29, 1.82) is 0 Å². The van der Waals surface area contributed by atoms with Crippen LogP contribution in [0.1, 0.15) is 17.4 Å². The average molecular weight is 296 g/mol. The van der Waals surface area contributed by atoms with E-state index in [1.54, 1.807) is 13.0 Å². The predicted molar refractivity (Wildman–Crippen MR) is 67.1 cm³/mol. The first kappa shape index (κ1) is 11.9. The van der Waals surface area contributed by atoms with Crippen LogP contribution in [0, 0.1) is 0 Å². The van der Waals surface area contributed by atoms with E-state index < -0.39 is 5.97 Å². The van der Waals surface area contributed by atoms with Gasteiger partial charge in [-0.2, -0.15) is 0 Å². The zero-order chi connectivity index (χ0) is 12.4. The molecule has 0 bridgehead atoms. The second kappa shape index (κ2) is 4.71. The van der Waals surface area contributed by atoms with E-state index in [4.69, 9.17) is 4.74 Å². The van der Waals surface area contributed by atoms with E-state index in [1.807, 2.05) is 12.1 Å². The maximum absolute atomic E-state index is 11.5. The van der Waals surface area contributed by atoms with Crippen LogP contribution in [-0.2, 0) is 4.74 Å². The van der Waals surface area contributed by atoms with Crippen LogP contribution in [0.2, 0.25) is 0 Å². The summed E-state index contributed by atoms with van der Waals surface area (Å²) in [5.41, 5.74) is 0.567. The number of carbonyl (C=O) groups excluding carboxylic acids is 1. The molecule has 0 saturated carbocycles. The van der Waals surface area contributed by atoms with Crippen molar-refractivity contribution in [3.05, 3.63) is 34.4 Å². The zero-order valence-electron chi connectivity index (χ0n) is 9.11. The molecule has 0 spiro atoms. The fourth-order valence-corrected chi connectivity index (χ4v) is 1.97. The van der Waals surface area contributed by atoms with E-state index in [2.05, 4.69) is 20.9 Å². The van der Waals surface area contributed by atoms with Crippen molar-refractivity contribution < 1.29 is 14.6 Å². The molecule has 2 rings (SSSR count). The van der Waals surface area contributed by atoms with Gasteiger partial charge in [0.25, 0.3) is 0 Å². The molecule has 0 atom stereocenters. The molecular weight excluding hydrogens is 286 g/mol. The van der Waals surface area contributed by atoms with Gasteiger partial charge in [0.1, 0.15) is 5.75 Å². The SMILES string of the molecule is CCOC(=O)c1nc2cccc(Br)c2cc1O. The van der Waals surface area contributed by atoms with E-state index in [-0.39, 0.29) is 18.1 Å². The van der Waals surface area contributed by atoms with Crippen LogP contribution in [-0.4, -0.2) is 22.7 Å². The first-order valence-corrected chi connectivity index (χ1v) is 5.88. The Kier molecular flexibility index (Phi) is 3.28. The lowest BCUT2D eigenvalue weighted by Crippen LogP contribution is -2.07. The summed E-state index contributed by atoms with van der Waals surface area (Å²) >= 11 is 3.36. The number of aromatic hydroxyl groups is 1. The van der Waals surface area contributed by atoms with Crippen molar-refractivity contribution in [2.24, 2.45) is 0 Å². The van der Waals surface area contributed by atoms with Crippen molar-refractivity contribution >= 4 is 32.8 Å². The lowest BCUT2D eigenvalue weighted by Gasteiger charge is -2.06. The monoisotopic (exact) mass is 295 g/mol. The quantitative estimate of drug-likeness (QED) is 0.866. The molecule has 17 heavy (non-hydrogen) atoms. The minimum absolute atomic E-state index is 0.0579. The first-order chi connectivity index (χ1) is 8.13. The predicted octanol–water partition coefficient (Wildman–Crippen LogP) is 2.88. The minimum atomic E-state index is -0.619. The number of aromatic nitrogens is 1. The highest BCUT2D eigenvalue weighted by Gasteiger charge is 2.16. The molecule has 1 aromatic heterocycles. The Hall–Kier alpha value is -1.62.